The highest BCUT2D eigenvalue weighted by Crippen LogP contribution is 1.96. The molecular weight excluding hydrogens is 170 g/mol. The summed E-state index contributed by atoms with van der Waals surface area (Å²) in [5.74, 6) is 2.53. The van der Waals surface area contributed by atoms with Gasteiger partial charge in [0, 0.05) is 6.54 Å². The summed E-state index contributed by atoms with van der Waals surface area (Å²) < 4.78 is 0. The first-order chi connectivity index (χ1) is 5.43. The fourth-order valence-corrected chi connectivity index (χ4v) is 0.875. The maximum Gasteiger partial charge on any atom is 0.0576 e. The van der Waals surface area contributed by atoms with E-state index in [9.17, 15) is 0 Å². The fraction of sp³-hybridized carbons (Fsp3) is 0.200. The molecule has 0 aliphatic rings. The normalized spacial score (nSPS) is 8.25. The highest BCUT2D eigenvalue weighted by molar-refractivity contribution is 5.85. The fourth-order valence-electron chi connectivity index (χ4n) is 0.875. The molecule has 0 heterocycles. The molecule has 12 heavy (non-hydrogen) atoms. The Morgan fingerprint density at radius 1 is 1.25 bits per heavy atom. The lowest BCUT2D eigenvalue weighted by Crippen LogP contribution is -2.12. The van der Waals surface area contributed by atoms with Gasteiger partial charge in [0.1, 0.15) is 0 Å². The summed E-state index contributed by atoms with van der Waals surface area (Å²) in [6.07, 6.45) is 5.08. The predicted molar refractivity (Wildman–Crippen MR) is 54.2 cm³/mol. The van der Waals surface area contributed by atoms with E-state index in [1.807, 2.05) is 18.2 Å². The molecule has 0 unspecified atom stereocenters. The molecule has 1 aromatic rings. The van der Waals surface area contributed by atoms with Gasteiger partial charge in [0.2, 0.25) is 0 Å². The number of halogens is 1. The molecule has 0 amide bonds. The molecule has 0 aliphatic carbocycles. The first-order valence-corrected chi connectivity index (χ1v) is 3.61. The molecule has 64 valence electrons. The quantitative estimate of drug-likeness (QED) is 0.554. The number of nitrogens with one attached hydrogen (secondary N) is 1. The number of benzene rings is 1. The van der Waals surface area contributed by atoms with Crippen molar-refractivity contribution in [3.63, 3.8) is 0 Å². The minimum atomic E-state index is 0. The smallest absolute Gasteiger partial charge is 0.0576 e. The Kier molecular flexibility index (Phi) is 6.18. The number of hydrogen-bond donors (Lipinski definition) is 1. The van der Waals surface area contributed by atoms with Crippen LogP contribution in [0.4, 0.5) is 0 Å². The van der Waals surface area contributed by atoms with Gasteiger partial charge in [-0.05, 0) is 5.56 Å². The van der Waals surface area contributed by atoms with Gasteiger partial charge in [-0.1, -0.05) is 36.3 Å². The molecule has 1 rings (SSSR count). The van der Waals surface area contributed by atoms with E-state index < -0.39 is 0 Å². The van der Waals surface area contributed by atoms with E-state index >= 15 is 0 Å². The van der Waals surface area contributed by atoms with Gasteiger partial charge < -0.3 is 5.32 Å². The van der Waals surface area contributed by atoms with Gasteiger partial charge in [-0.2, -0.15) is 0 Å². The van der Waals surface area contributed by atoms with Crippen LogP contribution in [0, 0.1) is 12.3 Å². The van der Waals surface area contributed by atoms with Crippen LogP contribution in [0.15, 0.2) is 30.3 Å². The Morgan fingerprint density at radius 3 is 2.50 bits per heavy atom. The molecule has 0 fully saturated rings. The number of rotatable bonds is 3. The van der Waals surface area contributed by atoms with Crippen molar-refractivity contribution in [3.8, 4) is 12.3 Å². The Morgan fingerprint density at radius 2 is 1.92 bits per heavy atom. The molecule has 2 heteroatoms. The zero-order valence-corrected chi connectivity index (χ0v) is 7.60. The van der Waals surface area contributed by atoms with Crippen molar-refractivity contribution in [1.82, 2.24) is 5.32 Å². The Hall–Kier alpha value is -0.970. The van der Waals surface area contributed by atoms with Gasteiger partial charge in [0.15, 0.2) is 0 Å². The van der Waals surface area contributed by atoms with Crippen molar-refractivity contribution in [2.45, 2.75) is 6.54 Å². The lowest BCUT2D eigenvalue weighted by atomic mass is 10.2. The SMILES string of the molecule is C#CCNCc1ccccc1.Cl. The van der Waals surface area contributed by atoms with E-state index in [1.54, 1.807) is 0 Å². The first kappa shape index (κ1) is 11.0. The summed E-state index contributed by atoms with van der Waals surface area (Å²) in [7, 11) is 0. The van der Waals surface area contributed by atoms with Gasteiger partial charge >= 0.3 is 0 Å². The summed E-state index contributed by atoms with van der Waals surface area (Å²) in [5.41, 5.74) is 1.27. The zero-order chi connectivity index (χ0) is 7.94. The standard InChI is InChI=1S/C10H11N.ClH/c1-2-8-11-9-10-6-4-3-5-7-10;/h1,3-7,11H,8-9H2;1H. The lowest BCUT2D eigenvalue weighted by Gasteiger charge is -1.99. The molecule has 0 aromatic heterocycles. The summed E-state index contributed by atoms with van der Waals surface area (Å²) in [6, 6.07) is 10.2. The molecule has 1 nitrogen and oxygen atoms in total. The second kappa shape index (κ2) is 6.72. The Bertz CT molecular complexity index is 238. The van der Waals surface area contributed by atoms with Gasteiger partial charge in [0.05, 0.1) is 6.54 Å². The summed E-state index contributed by atoms with van der Waals surface area (Å²) in [5, 5.41) is 3.12. The molecular formula is C10H12ClN. The lowest BCUT2D eigenvalue weighted by molar-refractivity contribution is 0.770. The van der Waals surface area contributed by atoms with Crippen LogP contribution in [0.1, 0.15) is 5.56 Å². The van der Waals surface area contributed by atoms with Crippen molar-refractivity contribution < 1.29 is 0 Å². The van der Waals surface area contributed by atoms with Crippen molar-refractivity contribution in [1.29, 1.82) is 0 Å². The van der Waals surface area contributed by atoms with Crippen LogP contribution in [0.25, 0.3) is 0 Å². The van der Waals surface area contributed by atoms with Crippen molar-refractivity contribution >= 4 is 12.4 Å². The maximum absolute atomic E-state index is 5.08. The average Bonchev–Trinajstić information content (AvgIpc) is 2.07. The van der Waals surface area contributed by atoms with Crippen molar-refractivity contribution in [2.75, 3.05) is 6.54 Å². The van der Waals surface area contributed by atoms with E-state index in [1.165, 1.54) is 5.56 Å². The molecule has 0 bridgehead atoms. The number of terminal acetylenes is 1. The third-order valence-corrected chi connectivity index (χ3v) is 1.40. The molecule has 0 spiro atoms. The van der Waals surface area contributed by atoms with E-state index in [0.29, 0.717) is 6.54 Å². The minimum absolute atomic E-state index is 0. The molecule has 0 saturated heterocycles. The summed E-state index contributed by atoms with van der Waals surface area (Å²) in [6.45, 7) is 1.49. The minimum Gasteiger partial charge on any atom is -0.302 e. The van der Waals surface area contributed by atoms with Crippen LogP contribution in [0.5, 0.6) is 0 Å². The molecule has 0 aliphatic heterocycles. The van der Waals surface area contributed by atoms with E-state index in [0.717, 1.165) is 6.54 Å². The molecule has 1 aromatic carbocycles. The molecule has 1 N–H and O–H groups in total. The van der Waals surface area contributed by atoms with Gasteiger partial charge in [-0.25, -0.2) is 0 Å². The van der Waals surface area contributed by atoms with Crippen molar-refractivity contribution in [2.24, 2.45) is 0 Å². The van der Waals surface area contributed by atoms with Crippen LogP contribution >= 0.6 is 12.4 Å². The molecule has 0 radical (unpaired) electrons. The first-order valence-electron chi connectivity index (χ1n) is 3.61. The second-order valence-corrected chi connectivity index (χ2v) is 2.29. The van der Waals surface area contributed by atoms with E-state index in [-0.39, 0.29) is 12.4 Å². The zero-order valence-electron chi connectivity index (χ0n) is 6.79. The number of hydrogen-bond acceptors (Lipinski definition) is 1. The van der Waals surface area contributed by atoms with Gasteiger partial charge in [0.25, 0.3) is 0 Å². The Labute approximate surface area is 79.6 Å². The second-order valence-electron chi connectivity index (χ2n) is 2.29. The monoisotopic (exact) mass is 181 g/mol. The summed E-state index contributed by atoms with van der Waals surface area (Å²) in [4.78, 5) is 0. The predicted octanol–water partition coefficient (Wildman–Crippen LogP) is 1.83. The molecule has 0 saturated carbocycles. The highest BCUT2D eigenvalue weighted by Gasteiger charge is 1.86. The van der Waals surface area contributed by atoms with E-state index in [2.05, 4.69) is 23.4 Å². The van der Waals surface area contributed by atoms with E-state index in [4.69, 9.17) is 6.42 Å². The third kappa shape index (κ3) is 4.02. The van der Waals surface area contributed by atoms with Crippen molar-refractivity contribution in [3.05, 3.63) is 35.9 Å². The Balaban J connectivity index is 0.00000121. The van der Waals surface area contributed by atoms with Gasteiger partial charge in [-0.15, -0.1) is 18.8 Å². The third-order valence-electron chi connectivity index (χ3n) is 1.40. The largest absolute Gasteiger partial charge is 0.302 e. The van der Waals surface area contributed by atoms with Crippen LogP contribution in [-0.4, -0.2) is 6.54 Å². The van der Waals surface area contributed by atoms with Crippen LogP contribution in [0.3, 0.4) is 0 Å². The van der Waals surface area contributed by atoms with Gasteiger partial charge in [-0.3, -0.25) is 0 Å². The highest BCUT2D eigenvalue weighted by atomic mass is 35.5. The van der Waals surface area contributed by atoms with Crippen LogP contribution in [0.2, 0.25) is 0 Å². The van der Waals surface area contributed by atoms with Crippen LogP contribution in [-0.2, 0) is 6.54 Å². The topological polar surface area (TPSA) is 12.0 Å². The maximum atomic E-state index is 5.08. The molecule has 0 atom stereocenters. The van der Waals surface area contributed by atoms with Crippen LogP contribution < -0.4 is 5.32 Å². The summed E-state index contributed by atoms with van der Waals surface area (Å²) >= 11 is 0. The average molecular weight is 182 g/mol.